The first-order valence-electron chi connectivity index (χ1n) is 7.03. The molecule has 0 saturated carbocycles. The van der Waals surface area contributed by atoms with E-state index in [1.54, 1.807) is 7.11 Å². The summed E-state index contributed by atoms with van der Waals surface area (Å²) < 4.78 is 16.1. The van der Waals surface area contributed by atoms with Crippen LogP contribution < -0.4 is 19.5 Å². The van der Waals surface area contributed by atoms with Crippen LogP contribution in [0.1, 0.15) is 24.1 Å². The van der Waals surface area contributed by atoms with Crippen LogP contribution in [0.3, 0.4) is 0 Å². The molecule has 0 saturated heterocycles. The zero-order valence-electron chi connectivity index (χ0n) is 12.3. The summed E-state index contributed by atoms with van der Waals surface area (Å²) in [6, 6.07) is 14.3. The number of fused-ring (bicyclic) bond motifs is 1. The van der Waals surface area contributed by atoms with Crippen LogP contribution in [-0.4, -0.2) is 13.9 Å². The first-order chi connectivity index (χ1) is 10.3. The van der Waals surface area contributed by atoms with Gasteiger partial charge >= 0.3 is 0 Å². The second-order valence-corrected chi connectivity index (χ2v) is 5.03. The van der Waals surface area contributed by atoms with E-state index >= 15 is 0 Å². The Labute approximate surface area is 124 Å². The van der Waals surface area contributed by atoms with Crippen LogP contribution in [-0.2, 0) is 6.54 Å². The van der Waals surface area contributed by atoms with Crippen LogP contribution in [0, 0.1) is 0 Å². The Bertz CT molecular complexity index is 627. The molecule has 110 valence electrons. The average molecular weight is 285 g/mol. The summed E-state index contributed by atoms with van der Waals surface area (Å²) >= 11 is 0. The minimum Gasteiger partial charge on any atom is -0.496 e. The standard InChI is InChI=1S/C17H19NO3/c1-12(14-5-3-4-6-15(14)19-2)18-10-13-7-8-16-17(9-13)21-11-20-16/h3-9,12,18H,10-11H2,1-2H3/t12-/m1/s1. The lowest BCUT2D eigenvalue weighted by molar-refractivity contribution is 0.174. The van der Waals surface area contributed by atoms with Crippen LogP contribution in [0.4, 0.5) is 0 Å². The van der Waals surface area contributed by atoms with E-state index in [1.165, 1.54) is 5.56 Å². The highest BCUT2D eigenvalue weighted by Crippen LogP contribution is 2.32. The lowest BCUT2D eigenvalue weighted by atomic mass is 10.1. The molecule has 0 aromatic heterocycles. The molecule has 3 rings (SSSR count). The largest absolute Gasteiger partial charge is 0.496 e. The van der Waals surface area contributed by atoms with Gasteiger partial charge in [-0.05, 0) is 30.7 Å². The van der Waals surface area contributed by atoms with Crippen LogP contribution in [0.2, 0.25) is 0 Å². The third-order valence-electron chi connectivity index (χ3n) is 3.65. The van der Waals surface area contributed by atoms with Gasteiger partial charge in [-0.1, -0.05) is 24.3 Å². The van der Waals surface area contributed by atoms with Crippen LogP contribution in [0.5, 0.6) is 17.2 Å². The van der Waals surface area contributed by atoms with Crippen molar-refractivity contribution < 1.29 is 14.2 Å². The minimum atomic E-state index is 0.201. The summed E-state index contributed by atoms with van der Waals surface area (Å²) in [6.45, 7) is 3.20. The highest BCUT2D eigenvalue weighted by atomic mass is 16.7. The Morgan fingerprint density at radius 2 is 1.95 bits per heavy atom. The number of rotatable bonds is 5. The van der Waals surface area contributed by atoms with E-state index in [2.05, 4.69) is 24.4 Å². The number of para-hydroxylation sites is 1. The predicted octanol–water partition coefficient (Wildman–Crippen LogP) is 3.27. The molecule has 1 aliphatic rings. The highest BCUT2D eigenvalue weighted by molar-refractivity contribution is 5.44. The van der Waals surface area contributed by atoms with Crippen molar-refractivity contribution in [1.82, 2.24) is 5.32 Å². The summed E-state index contributed by atoms with van der Waals surface area (Å²) in [5, 5.41) is 3.50. The van der Waals surface area contributed by atoms with Gasteiger partial charge in [-0.2, -0.15) is 0 Å². The van der Waals surface area contributed by atoms with Crippen molar-refractivity contribution in [3.8, 4) is 17.2 Å². The molecule has 0 unspecified atom stereocenters. The Morgan fingerprint density at radius 3 is 2.81 bits per heavy atom. The number of benzene rings is 2. The van der Waals surface area contributed by atoms with Gasteiger partial charge < -0.3 is 19.5 Å². The fraction of sp³-hybridized carbons (Fsp3) is 0.294. The second kappa shape index (κ2) is 6.06. The van der Waals surface area contributed by atoms with Crippen molar-refractivity contribution in [3.63, 3.8) is 0 Å². The van der Waals surface area contributed by atoms with Crippen molar-refractivity contribution >= 4 is 0 Å². The Hall–Kier alpha value is -2.20. The zero-order chi connectivity index (χ0) is 14.7. The third-order valence-corrected chi connectivity index (χ3v) is 3.65. The zero-order valence-corrected chi connectivity index (χ0v) is 12.3. The molecular formula is C17H19NO3. The van der Waals surface area contributed by atoms with Gasteiger partial charge in [0.25, 0.3) is 0 Å². The van der Waals surface area contributed by atoms with Gasteiger partial charge in [-0.3, -0.25) is 0 Å². The molecule has 0 amide bonds. The molecule has 21 heavy (non-hydrogen) atoms. The van der Waals surface area contributed by atoms with E-state index in [1.807, 2.05) is 30.3 Å². The molecule has 4 nitrogen and oxygen atoms in total. The predicted molar refractivity (Wildman–Crippen MR) is 80.8 cm³/mol. The molecule has 0 aliphatic carbocycles. The number of methoxy groups -OCH3 is 1. The third kappa shape index (κ3) is 2.95. The van der Waals surface area contributed by atoms with Crippen LogP contribution in [0.15, 0.2) is 42.5 Å². The van der Waals surface area contributed by atoms with Crippen molar-refractivity contribution in [1.29, 1.82) is 0 Å². The van der Waals surface area contributed by atoms with Crippen molar-refractivity contribution in [2.45, 2.75) is 19.5 Å². The smallest absolute Gasteiger partial charge is 0.231 e. The number of ether oxygens (including phenoxy) is 3. The molecule has 2 aromatic rings. The SMILES string of the molecule is COc1ccccc1[C@@H](C)NCc1ccc2c(c1)OCO2. The van der Waals surface area contributed by atoms with Crippen LogP contribution in [0.25, 0.3) is 0 Å². The molecule has 1 N–H and O–H groups in total. The maximum absolute atomic E-state index is 5.40. The molecule has 4 heteroatoms. The summed E-state index contributed by atoms with van der Waals surface area (Å²) in [5.74, 6) is 2.54. The second-order valence-electron chi connectivity index (χ2n) is 5.03. The Balaban J connectivity index is 1.67. The molecule has 0 spiro atoms. The van der Waals surface area contributed by atoms with Crippen molar-refractivity contribution in [2.24, 2.45) is 0 Å². The van der Waals surface area contributed by atoms with E-state index in [-0.39, 0.29) is 6.04 Å². The number of nitrogens with one attached hydrogen (secondary N) is 1. The molecule has 1 heterocycles. The molecule has 1 aliphatic heterocycles. The van der Waals surface area contributed by atoms with Gasteiger partial charge in [0.05, 0.1) is 7.11 Å². The highest BCUT2D eigenvalue weighted by Gasteiger charge is 2.14. The van der Waals surface area contributed by atoms with E-state index in [4.69, 9.17) is 14.2 Å². The summed E-state index contributed by atoms with van der Waals surface area (Å²) in [5.41, 5.74) is 2.32. The maximum atomic E-state index is 5.40. The van der Waals surface area contributed by atoms with Crippen molar-refractivity contribution in [3.05, 3.63) is 53.6 Å². The summed E-state index contributed by atoms with van der Waals surface area (Å²) in [4.78, 5) is 0. The van der Waals surface area contributed by atoms with E-state index in [0.29, 0.717) is 6.79 Å². The number of hydrogen-bond acceptors (Lipinski definition) is 4. The molecule has 1 atom stereocenters. The fourth-order valence-corrected chi connectivity index (χ4v) is 2.46. The fourth-order valence-electron chi connectivity index (χ4n) is 2.46. The summed E-state index contributed by atoms with van der Waals surface area (Å²) in [6.07, 6.45) is 0. The van der Waals surface area contributed by atoms with Gasteiger partial charge in [0, 0.05) is 18.2 Å². The van der Waals surface area contributed by atoms with E-state index < -0.39 is 0 Å². The molecule has 0 fully saturated rings. The monoisotopic (exact) mass is 285 g/mol. The lowest BCUT2D eigenvalue weighted by Gasteiger charge is -2.17. The van der Waals surface area contributed by atoms with Gasteiger partial charge in [0.15, 0.2) is 11.5 Å². The Kier molecular flexibility index (Phi) is 3.97. The van der Waals surface area contributed by atoms with Gasteiger partial charge in [-0.25, -0.2) is 0 Å². The van der Waals surface area contributed by atoms with E-state index in [0.717, 1.165) is 29.4 Å². The molecule has 0 radical (unpaired) electrons. The average Bonchev–Trinajstić information content (AvgIpc) is 3.00. The molecule has 0 bridgehead atoms. The molecular weight excluding hydrogens is 266 g/mol. The summed E-state index contributed by atoms with van der Waals surface area (Å²) in [7, 11) is 1.70. The lowest BCUT2D eigenvalue weighted by Crippen LogP contribution is -2.18. The number of hydrogen-bond donors (Lipinski definition) is 1. The van der Waals surface area contributed by atoms with Gasteiger partial charge in [0.1, 0.15) is 5.75 Å². The quantitative estimate of drug-likeness (QED) is 0.915. The topological polar surface area (TPSA) is 39.7 Å². The first kappa shape index (κ1) is 13.8. The van der Waals surface area contributed by atoms with Crippen LogP contribution >= 0.6 is 0 Å². The maximum Gasteiger partial charge on any atom is 0.231 e. The minimum absolute atomic E-state index is 0.201. The van der Waals surface area contributed by atoms with E-state index in [9.17, 15) is 0 Å². The van der Waals surface area contributed by atoms with Gasteiger partial charge in [0.2, 0.25) is 6.79 Å². The Morgan fingerprint density at radius 1 is 1.14 bits per heavy atom. The molecule has 2 aromatic carbocycles. The van der Waals surface area contributed by atoms with Crippen molar-refractivity contribution in [2.75, 3.05) is 13.9 Å². The first-order valence-corrected chi connectivity index (χ1v) is 7.03. The normalized spacial score (nSPS) is 14.0. The van der Waals surface area contributed by atoms with Gasteiger partial charge in [-0.15, -0.1) is 0 Å².